The van der Waals surface area contributed by atoms with Crippen molar-refractivity contribution in [3.63, 3.8) is 0 Å². The maximum Gasteiger partial charge on any atom is 0.255 e. The lowest BCUT2D eigenvalue weighted by Crippen LogP contribution is -2.27. The molecule has 1 atom stereocenters. The van der Waals surface area contributed by atoms with Gasteiger partial charge in [0, 0.05) is 0 Å². The van der Waals surface area contributed by atoms with E-state index in [1.165, 1.54) is 12.1 Å². The quantitative estimate of drug-likeness (QED) is 0.769. The zero-order valence-corrected chi connectivity index (χ0v) is 13.5. The van der Waals surface area contributed by atoms with Gasteiger partial charge in [0.2, 0.25) is 0 Å². The van der Waals surface area contributed by atoms with Crippen LogP contribution in [-0.4, -0.2) is 13.0 Å². The minimum absolute atomic E-state index is 0.227. The molecule has 0 fully saturated rings. The first-order valence-corrected chi connectivity index (χ1v) is 7.71. The summed E-state index contributed by atoms with van der Waals surface area (Å²) in [6, 6.07) is 17.3. The molecule has 0 bridgehead atoms. The van der Waals surface area contributed by atoms with Crippen molar-refractivity contribution in [2.75, 3.05) is 7.11 Å². The van der Waals surface area contributed by atoms with Gasteiger partial charge in [-0.05, 0) is 47.5 Å². The molecule has 1 amide bonds. The number of nitrogens with one attached hydrogen (secondary N) is 1. The molecule has 3 aromatic carbocycles. The van der Waals surface area contributed by atoms with Gasteiger partial charge in [0.1, 0.15) is 11.6 Å². The van der Waals surface area contributed by atoms with E-state index in [4.69, 9.17) is 4.74 Å². The Morgan fingerprint density at radius 1 is 1.04 bits per heavy atom. The number of benzene rings is 3. The first-order valence-electron chi connectivity index (χ1n) is 7.71. The molecular formula is C20H18FNO2. The molecule has 0 spiro atoms. The van der Waals surface area contributed by atoms with Gasteiger partial charge in [-0.2, -0.15) is 0 Å². The number of carbonyl (C=O) groups is 1. The van der Waals surface area contributed by atoms with Crippen molar-refractivity contribution >= 4 is 16.7 Å². The molecule has 3 nitrogen and oxygen atoms in total. The second-order valence-corrected chi connectivity index (χ2v) is 5.65. The van der Waals surface area contributed by atoms with Gasteiger partial charge in [-0.25, -0.2) is 4.39 Å². The first-order chi connectivity index (χ1) is 11.6. The Bertz CT molecular complexity index is 874. The highest BCUT2D eigenvalue weighted by Crippen LogP contribution is 2.26. The zero-order valence-electron chi connectivity index (χ0n) is 13.5. The van der Waals surface area contributed by atoms with Crippen LogP contribution in [0.15, 0.2) is 60.7 Å². The summed E-state index contributed by atoms with van der Waals surface area (Å²) in [6.07, 6.45) is 0. The van der Waals surface area contributed by atoms with E-state index in [0.29, 0.717) is 11.3 Å². The Balaban J connectivity index is 1.88. The number of halogens is 1. The largest absolute Gasteiger partial charge is 0.496 e. The van der Waals surface area contributed by atoms with Crippen molar-refractivity contribution in [1.29, 1.82) is 0 Å². The average molecular weight is 323 g/mol. The molecule has 0 aliphatic carbocycles. The number of amides is 1. The van der Waals surface area contributed by atoms with Crippen LogP contribution in [0.4, 0.5) is 4.39 Å². The SMILES string of the molecule is COc1cc2ccccc2cc1C(=O)NC(C)c1ccc(F)cc1. The van der Waals surface area contributed by atoms with Crippen LogP contribution in [0.2, 0.25) is 0 Å². The topological polar surface area (TPSA) is 38.3 Å². The molecule has 1 unspecified atom stereocenters. The molecule has 3 rings (SSSR count). The molecule has 24 heavy (non-hydrogen) atoms. The van der Waals surface area contributed by atoms with Gasteiger partial charge in [0.25, 0.3) is 5.91 Å². The standard InChI is InChI=1S/C20H18FNO2/c1-13(14-7-9-17(21)10-8-14)22-20(23)18-11-15-5-3-4-6-16(15)12-19(18)24-2/h3-13H,1-2H3,(H,22,23). The highest BCUT2D eigenvalue weighted by Gasteiger charge is 2.16. The summed E-state index contributed by atoms with van der Waals surface area (Å²) in [7, 11) is 1.55. The van der Waals surface area contributed by atoms with Crippen LogP contribution in [0, 0.1) is 5.82 Å². The molecule has 0 radical (unpaired) electrons. The maximum atomic E-state index is 13.0. The summed E-state index contributed by atoms with van der Waals surface area (Å²) in [6.45, 7) is 1.86. The van der Waals surface area contributed by atoms with E-state index in [0.717, 1.165) is 16.3 Å². The third-order valence-corrected chi connectivity index (χ3v) is 4.03. The van der Waals surface area contributed by atoms with Crippen molar-refractivity contribution in [3.05, 3.63) is 77.6 Å². The molecule has 122 valence electrons. The van der Waals surface area contributed by atoms with Gasteiger partial charge in [-0.15, -0.1) is 0 Å². The lowest BCUT2D eigenvalue weighted by Gasteiger charge is -2.16. The van der Waals surface area contributed by atoms with E-state index in [1.807, 2.05) is 43.3 Å². The summed E-state index contributed by atoms with van der Waals surface area (Å²) in [5, 5.41) is 4.91. The number of rotatable bonds is 4. The second-order valence-electron chi connectivity index (χ2n) is 5.65. The Morgan fingerprint density at radius 3 is 2.29 bits per heavy atom. The van der Waals surface area contributed by atoms with E-state index < -0.39 is 0 Å². The summed E-state index contributed by atoms with van der Waals surface area (Å²) >= 11 is 0. The summed E-state index contributed by atoms with van der Waals surface area (Å²) in [5.74, 6) is 0.000379. The Labute approximate surface area is 140 Å². The van der Waals surface area contributed by atoms with Crippen LogP contribution >= 0.6 is 0 Å². The molecule has 1 N–H and O–H groups in total. The second kappa shape index (κ2) is 6.71. The fourth-order valence-corrected chi connectivity index (χ4v) is 2.67. The highest BCUT2D eigenvalue weighted by molar-refractivity contribution is 6.01. The Hall–Kier alpha value is -2.88. The predicted molar refractivity (Wildman–Crippen MR) is 92.8 cm³/mol. The number of hydrogen-bond acceptors (Lipinski definition) is 2. The number of hydrogen-bond donors (Lipinski definition) is 1. The normalized spacial score (nSPS) is 12.0. The fourth-order valence-electron chi connectivity index (χ4n) is 2.67. The van der Waals surface area contributed by atoms with Gasteiger partial charge in [-0.3, -0.25) is 4.79 Å². The molecule has 4 heteroatoms. The van der Waals surface area contributed by atoms with E-state index >= 15 is 0 Å². The fraction of sp³-hybridized carbons (Fsp3) is 0.150. The molecule has 0 aromatic heterocycles. The van der Waals surface area contributed by atoms with Crippen LogP contribution in [0.3, 0.4) is 0 Å². The van der Waals surface area contributed by atoms with Crippen LogP contribution in [-0.2, 0) is 0 Å². The highest BCUT2D eigenvalue weighted by atomic mass is 19.1. The number of carbonyl (C=O) groups excluding carboxylic acids is 1. The Morgan fingerprint density at radius 2 is 1.67 bits per heavy atom. The Kier molecular flexibility index (Phi) is 4.47. The zero-order chi connectivity index (χ0) is 17.1. The minimum Gasteiger partial charge on any atom is -0.496 e. The van der Waals surface area contributed by atoms with Crippen LogP contribution < -0.4 is 10.1 Å². The number of methoxy groups -OCH3 is 1. The third-order valence-electron chi connectivity index (χ3n) is 4.03. The van der Waals surface area contributed by atoms with Crippen LogP contribution in [0.5, 0.6) is 5.75 Å². The van der Waals surface area contributed by atoms with Gasteiger partial charge >= 0.3 is 0 Å². The van der Waals surface area contributed by atoms with E-state index in [2.05, 4.69) is 5.32 Å². The summed E-state index contributed by atoms with van der Waals surface area (Å²) in [4.78, 5) is 12.7. The van der Waals surface area contributed by atoms with Crippen LogP contribution in [0.25, 0.3) is 10.8 Å². The molecule has 3 aromatic rings. The molecule has 0 saturated heterocycles. The predicted octanol–water partition coefficient (Wildman–Crippen LogP) is 4.48. The van der Waals surface area contributed by atoms with Gasteiger partial charge < -0.3 is 10.1 Å². The van der Waals surface area contributed by atoms with Crippen molar-refractivity contribution in [2.45, 2.75) is 13.0 Å². The monoisotopic (exact) mass is 323 g/mol. The lowest BCUT2D eigenvalue weighted by molar-refractivity contribution is 0.0937. The van der Waals surface area contributed by atoms with Crippen molar-refractivity contribution < 1.29 is 13.9 Å². The van der Waals surface area contributed by atoms with E-state index in [-0.39, 0.29) is 17.8 Å². The van der Waals surface area contributed by atoms with Crippen molar-refractivity contribution in [3.8, 4) is 5.75 Å². The van der Waals surface area contributed by atoms with Crippen molar-refractivity contribution in [2.24, 2.45) is 0 Å². The van der Waals surface area contributed by atoms with Gasteiger partial charge in [-0.1, -0.05) is 36.4 Å². The molecule has 0 heterocycles. The summed E-state index contributed by atoms with van der Waals surface area (Å²) in [5.41, 5.74) is 1.31. The van der Waals surface area contributed by atoms with E-state index in [1.54, 1.807) is 19.2 Å². The van der Waals surface area contributed by atoms with E-state index in [9.17, 15) is 9.18 Å². The number of fused-ring (bicyclic) bond motifs is 1. The first kappa shape index (κ1) is 16.0. The van der Waals surface area contributed by atoms with Gasteiger partial charge in [0.05, 0.1) is 18.7 Å². The molecule has 0 aliphatic rings. The van der Waals surface area contributed by atoms with Crippen molar-refractivity contribution in [1.82, 2.24) is 5.32 Å². The molecular weight excluding hydrogens is 305 g/mol. The smallest absolute Gasteiger partial charge is 0.255 e. The minimum atomic E-state index is -0.298. The summed E-state index contributed by atoms with van der Waals surface area (Å²) < 4.78 is 18.4. The van der Waals surface area contributed by atoms with Gasteiger partial charge in [0.15, 0.2) is 0 Å². The molecule has 0 aliphatic heterocycles. The third kappa shape index (κ3) is 3.23. The maximum absolute atomic E-state index is 13.0. The molecule has 0 saturated carbocycles. The average Bonchev–Trinajstić information content (AvgIpc) is 2.61. The van der Waals surface area contributed by atoms with Crippen LogP contribution in [0.1, 0.15) is 28.9 Å². The lowest BCUT2D eigenvalue weighted by atomic mass is 10.0. The number of ether oxygens (including phenoxy) is 1.